The number of aromatic nitrogens is 9. The van der Waals surface area contributed by atoms with E-state index in [-0.39, 0.29) is 211 Å². The Labute approximate surface area is 948 Å². The number of hydrogen-bond donors (Lipinski definition) is 10. The molecule has 3 aliphatic carbocycles. The van der Waals surface area contributed by atoms with Gasteiger partial charge in [-0.1, -0.05) is 212 Å². The van der Waals surface area contributed by atoms with Crippen LogP contribution in [-0.2, 0) is 76.6 Å². The van der Waals surface area contributed by atoms with E-state index in [9.17, 15) is 28.0 Å². The Bertz CT molecular complexity index is 4550. The number of amides is 2. The van der Waals surface area contributed by atoms with Crippen LogP contribution in [0.5, 0.6) is 0 Å². The molecule has 30 nitrogen and oxygen atoms in total. The van der Waals surface area contributed by atoms with Gasteiger partial charge in [0.05, 0.1) is 122 Å². The fourth-order valence-corrected chi connectivity index (χ4v) is 18.0. The Kier molecular flexibility index (Phi) is 89.2. The Morgan fingerprint density at radius 3 is 1.18 bits per heavy atom. The number of carboxylic acid groups (broad SMARTS) is 2. The van der Waals surface area contributed by atoms with Crippen LogP contribution in [0.3, 0.4) is 0 Å². The van der Waals surface area contributed by atoms with Gasteiger partial charge in [0.1, 0.15) is 28.4 Å². The first-order valence-corrected chi connectivity index (χ1v) is 49.2. The zero-order valence-electron chi connectivity index (χ0n) is 82.1. The van der Waals surface area contributed by atoms with Gasteiger partial charge in [-0.25, -0.2) is 54.9 Å². The SMILES string of the molecule is Br.C.C.CC(C)(C)c1cnc(CCl)o1.CC(C)(C)c1cnc(CSc2cnc(N)s2)o1.CC(C)(C)c1cnc(CSc2cnc(NC(=O)C3CCCC(N)C3)s2)o1.CC1CCCC(C(=O)Nc2ncc(SCc3ncc(C(C)(C)C)o3)s2)C1.CC1CCCC(C(=O)O)C1.CCO.CN(C)C/C=C/C(=O)O.CO.Cl.Cl.N#CSc1cnc(N)s1.N#C[S-].Nc1ncc(Br)s1.[2H]CF.[2H]CF.[B].[H-].[K+].[Na+]. The minimum absolute atomic E-state index is 0. The topological polar surface area (TPSA) is 497 Å². The van der Waals surface area contributed by atoms with Crippen LogP contribution < -0.4 is 115 Å². The van der Waals surface area contributed by atoms with Crippen LogP contribution in [0.4, 0.5) is 34.4 Å². The number of nitrogens with two attached hydrogens (primary N) is 4. The van der Waals surface area contributed by atoms with Crippen molar-refractivity contribution in [1.29, 1.82) is 10.5 Å². The smallest absolute Gasteiger partial charge is 1.00 e. The normalized spacial score (nSPS) is 15.3. The predicted octanol–water partition coefficient (Wildman–Crippen LogP) is 17.8. The molecule has 9 heterocycles. The standard InChI is InChI=1S/C19H27N3O2S2.C18H26N4O2S2.C11H15N3OS2.C8H12ClNO.C8H14O2.C6H11NO2.C4H3N3S2.C3H3BrN2S.C2H6O.2CH3F.CHNS.CH4O.2CH4.B.BrH.2ClH.K.Na.H/c1-12-6-5-7-13(8-12)17(23)22-18-21-10-16(26-18)25-11-15-20-9-14(24-15)19(2,3)4;1-18(2,3)13-8-20-14(24-13)10-25-15-9-21-17(26-15)22-16(23)11-5-4-6-12(19)7-11;1-11(2,3)7-4-13-8(15-7)6-16-9-5-14-10(12)17-9;1-8(2,3)6-5-10-7(4-9)11-6;1-6-3-2-4-7(5-6)8(9)10;1-7(2)5-3-4-6(8)9;5-2-8-3-1-7-4(6)9-3;4-2-1-6-3(5)7-2;1-2-3;2*1-2;2-1-3;1-2;;;;;;;;;/h9-10,12-13H,5-8,11H2,1-4H3,(H,21,22,23);8-9,11-12H,4-7,10,19H2,1-3H3,(H,21,22,23);4-5H,6H2,1-3H3,(H2,12,14);5H,4H2,1-3H3;6-7H,2-5H2,1H3,(H,9,10);3-4H,5H2,1-2H3,(H,8,9);1H,(H2,6,7);1H,(H2,5,6);3H,2H2,1H3;2*1H3;3H;2H,1H3;2*1H4;;3*1H;;;/q;;;;;;;;;;;;;;;;;;;2*+1;-1/p-1/b;;;;;4-3+;;;;;;;;;;;;;;;;/i;;;;;;;;;2*1D;;;;;;;;;;;. The van der Waals surface area contributed by atoms with Gasteiger partial charge in [-0.2, -0.15) is 5.26 Å². The van der Waals surface area contributed by atoms with Crippen LogP contribution >= 0.6 is 173 Å². The fourth-order valence-electron chi connectivity index (χ4n) is 10.6. The molecule has 0 aromatic carbocycles. The Morgan fingerprint density at radius 1 is 0.600 bits per heavy atom. The first-order chi connectivity index (χ1) is 60.7. The number of aliphatic hydroxyl groups excluding tert-OH is 2. The molecule has 3 radical (unpaired) electrons. The summed E-state index contributed by atoms with van der Waals surface area (Å²) >= 11 is 25.6. The van der Waals surface area contributed by atoms with Crippen LogP contribution in [0.25, 0.3) is 0 Å². The summed E-state index contributed by atoms with van der Waals surface area (Å²) in [5.41, 5.74) is 22.0. The maximum absolute atomic E-state index is 12.4. The summed E-state index contributed by atoms with van der Waals surface area (Å²) in [6.45, 7) is 32.1. The number of rotatable bonds is 19. The number of nitrogens with zero attached hydrogens (tertiary/aromatic N) is 12. The molecule has 755 valence electrons. The molecular weight excluding hydrogens is 2160 g/mol. The number of likely N-dealkylation sites (N-methyl/N-ethyl adjacent to an activating group) is 1. The number of carboxylic acids is 2. The van der Waals surface area contributed by atoms with Gasteiger partial charge in [-0.3, -0.25) is 23.2 Å². The maximum Gasteiger partial charge on any atom is 1.00 e. The van der Waals surface area contributed by atoms with Gasteiger partial charge in [0.2, 0.25) is 35.4 Å². The number of aliphatic carboxylic acids is 2. The fraction of sp³-hybridized carbons (Fsp3) is 0.588. The molecule has 3 saturated carbocycles. The molecule has 0 spiro atoms. The van der Waals surface area contributed by atoms with E-state index < -0.39 is 26.2 Å². The van der Waals surface area contributed by atoms with Gasteiger partial charge < -0.3 is 90.6 Å². The third kappa shape index (κ3) is 68.7. The molecule has 9 aromatic heterocycles. The number of carbonyl (C=O) groups excluding carboxylic acids is 2. The van der Waals surface area contributed by atoms with Gasteiger partial charge in [0.15, 0.2) is 25.7 Å². The van der Waals surface area contributed by atoms with Crippen LogP contribution in [-0.4, -0.2) is 157 Å². The van der Waals surface area contributed by atoms with Crippen molar-refractivity contribution in [2.45, 2.75) is 263 Å². The molecule has 135 heavy (non-hydrogen) atoms. The number of nitrogens with one attached hydrogen (secondary N) is 2. The molecule has 6 unspecified atom stereocenters. The van der Waals surface area contributed by atoms with Crippen molar-refractivity contribution in [3.8, 4) is 10.8 Å². The molecule has 50 heteroatoms. The average Bonchev–Trinajstić information content (AvgIpc) is 1.72. The number of halogens is 7. The minimum atomic E-state index is -1.00. The van der Waals surface area contributed by atoms with E-state index >= 15 is 0 Å². The van der Waals surface area contributed by atoms with Crippen molar-refractivity contribution in [1.82, 2.24) is 49.8 Å². The number of nitrogen functional groups attached to an aromatic ring is 3. The zero-order valence-corrected chi connectivity index (χ0v) is 98.1. The molecule has 6 atom stereocenters. The monoisotopic (exact) mass is 2300 g/mol. The summed E-state index contributed by atoms with van der Waals surface area (Å²) in [5.74, 6) is 8.68. The molecule has 3 fully saturated rings. The second-order valence-corrected chi connectivity index (χ2v) is 43.9. The van der Waals surface area contributed by atoms with E-state index in [1.54, 1.807) is 97.9 Å². The third-order valence-electron chi connectivity index (χ3n) is 16.8. The second kappa shape index (κ2) is 83.2. The molecule has 0 aliphatic heterocycles. The van der Waals surface area contributed by atoms with Gasteiger partial charge in [0, 0.05) is 86.0 Å². The minimum Gasteiger partial charge on any atom is -1.00 e. The van der Waals surface area contributed by atoms with Gasteiger partial charge in [-0.15, -0.1) is 88.7 Å². The number of alkyl halides is 3. The molecular formula is C85H139BBr2Cl3F2KN18NaO12S10. The molecule has 14 N–H and O–H groups in total. The van der Waals surface area contributed by atoms with Crippen LogP contribution in [0.2, 0.25) is 0 Å². The Morgan fingerprint density at radius 2 is 0.911 bits per heavy atom. The molecule has 3 aliphatic rings. The van der Waals surface area contributed by atoms with Crippen molar-refractivity contribution in [2.75, 3.05) is 76.5 Å². The number of thiocyanates is 2. The number of thioether (sulfide) groups is 4. The Hall–Kier alpha value is -3.16. The molecule has 12 rings (SSSR count). The van der Waals surface area contributed by atoms with Crippen molar-refractivity contribution in [3.05, 3.63) is 118 Å². The molecule has 9 aromatic rings. The number of carbonyl (C=O) groups is 4. The number of anilines is 5. The third-order valence-corrected chi connectivity index (χ3v) is 26.0. The van der Waals surface area contributed by atoms with Gasteiger partial charge >= 0.3 is 92.9 Å². The van der Waals surface area contributed by atoms with Gasteiger partial charge in [0.25, 0.3) is 0 Å². The summed E-state index contributed by atoms with van der Waals surface area (Å²) < 4.78 is 58.6. The van der Waals surface area contributed by atoms with E-state index in [4.69, 9.17) is 85.9 Å². The van der Waals surface area contributed by atoms with E-state index in [1.165, 1.54) is 74.9 Å². The molecule has 2 amide bonds. The van der Waals surface area contributed by atoms with Crippen molar-refractivity contribution >= 4 is 244 Å². The largest absolute Gasteiger partial charge is 1.00 e. The maximum atomic E-state index is 12.4. The van der Waals surface area contributed by atoms with E-state index in [0.717, 1.165) is 145 Å². The van der Waals surface area contributed by atoms with E-state index in [0.29, 0.717) is 79.0 Å². The first kappa shape index (κ1) is 145. The summed E-state index contributed by atoms with van der Waals surface area (Å²) in [6.07, 6.45) is 30.7. The molecule has 0 bridgehead atoms. The number of aliphatic hydroxyl groups is 2. The summed E-state index contributed by atoms with van der Waals surface area (Å²) in [4.78, 5) is 84.2. The van der Waals surface area contributed by atoms with Crippen LogP contribution in [0.1, 0.15) is 247 Å². The van der Waals surface area contributed by atoms with Crippen LogP contribution in [0.15, 0.2) is 106 Å². The Balaban J connectivity index is -0.000000170. The zero-order chi connectivity index (χ0) is 98.0. The van der Waals surface area contributed by atoms with Gasteiger partial charge in [-0.05, 0) is 93.7 Å². The van der Waals surface area contributed by atoms with Crippen molar-refractivity contribution in [3.63, 3.8) is 0 Å². The number of thiazole rings is 5. The van der Waals surface area contributed by atoms with Crippen molar-refractivity contribution < 1.29 is 151 Å². The molecule has 0 saturated heterocycles. The first-order valence-electron chi connectivity index (χ1n) is 41.1. The summed E-state index contributed by atoms with van der Waals surface area (Å²) in [6, 6.07) is 0.140. The van der Waals surface area contributed by atoms with Crippen molar-refractivity contribution in [2.24, 2.45) is 35.3 Å². The summed E-state index contributed by atoms with van der Waals surface area (Å²) in [7, 11) is 2.76. The average molecular weight is 2300 g/mol. The summed E-state index contributed by atoms with van der Waals surface area (Å²) in [5, 5.41) is 58.9. The second-order valence-electron chi connectivity index (χ2n) is 32.0. The number of hydrogen-bond acceptors (Lipinski definition) is 36. The van der Waals surface area contributed by atoms with Crippen LogP contribution in [0, 0.1) is 50.9 Å². The predicted molar refractivity (Wildman–Crippen MR) is 568 cm³/mol. The quantitative estimate of drug-likeness (QED) is 0.00897. The van der Waals surface area contributed by atoms with E-state index in [2.05, 4.69) is 181 Å². The number of oxazole rings is 4. The number of nitriles is 2. The van der Waals surface area contributed by atoms with E-state index in [1.807, 2.05) is 30.6 Å².